The number of nitrogens with one attached hydrogen (secondary N) is 1. The molecule has 0 aliphatic heterocycles. The lowest BCUT2D eigenvalue weighted by Gasteiger charge is -2.09. The van der Waals surface area contributed by atoms with Gasteiger partial charge in [-0.05, 0) is 13.3 Å². The van der Waals surface area contributed by atoms with E-state index in [1.54, 1.807) is 7.11 Å². The molecule has 0 aliphatic rings. The SMILES string of the molecule is CCCC(C)Oc1nnc(CNCCOC)s1. The van der Waals surface area contributed by atoms with Crippen LogP contribution < -0.4 is 10.1 Å². The summed E-state index contributed by atoms with van der Waals surface area (Å²) in [6, 6.07) is 0. The normalized spacial score (nSPS) is 12.6. The Morgan fingerprint density at radius 3 is 2.94 bits per heavy atom. The van der Waals surface area contributed by atoms with Crippen LogP contribution in [-0.4, -0.2) is 36.6 Å². The summed E-state index contributed by atoms with van der Waals surface area (Å²) in [5, 5.41) is 12.9. The molecule has 1 rings (SSSR count). The Bertz CT molecular complexity index is 307. The molecule has 98 valence electrons. The highest BCUT2D eigenvalue weighted by Gasteiger charge is 2.08. The van der Waals surface area contributed by atoms with Crippen molar-refractivity contribution in [3.8, 4) is 5.19 Å². The van der Waals surface area contributed by atoms with Gasteiger partial charge in [0.1, 0.15) is 5.01 Å². The van der Waals surface area contributed by atoms with Crippen LogP contribution in [0.15, 0.2) is 0 Å². The third kappa shape index (κ3) is 5.95. The van der Waals surface area contributed by atoms with Crippen molar-refractivity contribution in [3.63, 3.8) is 0 Å². The van der Waals surface area contributed by atoms with Gasteiger partial charge in [0, 0.05) is 20.2 Å². The molecule has 5 nitrogen and oxygen atoms in total. The Balaban J connectivity index is 2.27. The Morgan fingerprint density at radius 2 is 2.24 bits per heavy atom. The fraction of sp³-hybridized carbons (Fsp3) is 0.818. The molecular formula is C11H21N3O2S. The molecule has 1 atom stereocenters. The first-order valence-corrected chi connectivity index (χ1v) is 6.76. The lowest BCUT2D eigenvalue weighted by Crippen LogP contribution is -2.18. The number of hydrogen-bond acceptors (Lipinski definition) is 6. The van der Waals surface area contributed by atoms with Gasteiger partial charge in [0.05, 0.1) is 12.7 Å². The molecule has 0 bridgehead atoms. The lowest BCUT2D eigenvalue weighted by atomic mass is 10.2. The van der Waals surface area contributed by atoms with Gasteiger partial charge in [0.25, 0.3) is 5.19 Å². The zero-order valence-electron chi connectivity index (χ0n) is 10.7. The topological polar surface area (TPSA) is 56.3 Å². The van der Waals surface area contributed by atoms with Gasteiger partial charge in [-0.25, -0.2) is 0 Å². The Hall–Kier alpha value is -0.720. The zero-order chi connectivity index (χ0) is 12.5. The molecule has 0 spiro atoms. The molecule has 1 unspecified atom stereocenters. The molecule has 1 N–H and O–H groups in total. The van der Waals surface area contributed by atoms with Gasteiger partial charge in [0.2, 0.25) is 0 Å². The summed E-state index contributed by atoms with van der Waals surface area (Å²) in [6.45, 7) is 6.44. The van der Waals surface area contributed by atoms with E-state index < -0.39 is 0 Å². The minimum Gasteiger partial charge on any atom is -0.466 e. The molecule has 6 heteroatoms. The van der Waals surface area contributed by atoms with Crippen molar-refractivity contribution in [2.45, 2.75) is 39.3 Å². The van der Waals surface area contributed by atoms with Gasteiger partial charge in [0.15, 0.2) is 0 Å². The molecule has 0 amide bonds. The van der Waals surface area contributed by atoms with E-state index in [0.717, 1.165) is 24.4 Å². The molecule has 0 saturated carbocycles. The van der Waals surface area contributed by atoms with E-state index in [0.29, 0.717) is 18.3 Å². The molecule has 1 aromatic heterocycles. The second kappa shape index (κ2) is 8.38. The molecule has 0 aromatic carbocycles. The van der Waals surface area contributed by atoms with Gasteiger partial charge in [-0.15, -0.1) is 5.10 Å². The van der Waals surface area contributed by atoms with E-state index in [9.17, 15) is 0 Å². The average Bonchev–Trinajstić information content (AvgIpc) is 2.72. The minimum atomic E-state index is 0.210. The van der Waals surface area contributed by atoms with Gasteiger partial charge < -0.3 is 14.8 Å². The van der Waals surface area contributed by atoms with Crippen LogP contribution in [0.1, 0.15) is 31.7 Å². The number of ether oxygens (including phenoxy) is 2. The summed E-state index contributed by atoms with van der Waals surface area (Å²) in [6.07, 6.45) is 2.37. The van der Waals surface area contributed by atoms with Crippen LogP contribution in [0, 0.1) is 0 Å². The Labute approximate surface area is 107 Å². The van der Waals surface area contributed by atoms with Crippen LogP contribution in [0.25, 0.3) is 0 Å². The highest BCUT2D eigenvalue weighted by Crippen LogP contribution is 2.19. The number of hydrogen-bond donors (Lipinski definition) is 1. The molecule has 0 fully saturated rings. The van der Waals surface area contributed by atoms with E-state index in [1.807, 2.05) is 0 Å². The van der Waals surface area contributed by atoms with E-state index in [2.05, 4.69) is 29.4 Å². The third-order valence-electron chi connectivity index (χ3n) is 2.20. The van der Waals surface area contributed by atoms with Crippen LogP contribution >= 0.6 is 11.3 Å². The summed E-state index contributed by atoms with van der Waals surface area (Å²) in [5.41, 5.74) is 0. The summed E-state index contributed by atoms with van der Waals surface area (Å²) in [4.78, 5) is 0. The molecule has 0 saturated heterocycles. The molecule has 0 aliphatic carbocycles. The second-order valence-corrected chi connectivity index (χ2v) is 4.87. The maximum Gasteiger partial charge on any atom is 0.294 e. The van der Waals surface area contributed by atoms with E-state index in [4.69, 9.17) is 9.47 Å². The predicted molar refractivity (Wildman–Crippen MR) is 68.5 cm³/mol. The molecule has 1 heterocycles. The fourth-order valence-electron chi connectivity index (χ4n) is 1.36. The number of aromatic nitrogens is 2. The monoisotopic (exact) mass is 259 g/mol. The number of rotatable bonds is 9. The highest BCUT2D eigenvalue weighted by molar-refractivity contribution is 7.13. The van der Waals surface area contributed by atoms with Crippen LogP contribution in [0.2, 0.25) is 0 Å². The summed E-state index contributed by atoms with van der Waals surface area (Å²) >= 11 is 1.50. The van der Waals surface area contributed by atoms with Gasteiger partial charge >= 0.3 is 0 Å². The zero-order valence-corrected chi connectivity index (χ0v) is 11.5. The van der Waals surface area contributed by atoms with Crippen molar-refractivity contribution < 1.29 is 9.47 Å². The average molecular weight is 259 g/mol. The van der Waals surface area contributed by atoms with E-state index >= 15 is 0 Å². The van der Waals surface area contributed by atoms with Crippen molar-refractivity contribution in [3.05, 3.63) is 5.01 Å². The Kier molecular flexibility index (Phi) is 7.07. The quantitative estimate of drug-likeness (QED) is 0.686. The van der Waals surface area contributed by atoms with E-state index in [1.165, 1.54) is 11.3 Å². The smallest absolute Gasteiger partial charge is 0.294 e. The lowest BCUT2D eigenvalue weighted by molar-refractivity contribution is 0.199. The molecule has 0 radical (unpaired) electrons. The van der Waals surface area contributed by atoms with Crippen molar-refractivity contribution in [2.24, 2.45) is 0 Å². The van der Waals surface area contributed by atoms with Gasteiger partial charge in [-0.1, -0.05) is 29.8 Å². The fourth-order valence-corrected chi connectivity index (χ4v) is 2.12. The summed E-state index contributed by atoms with van der Waals surface area (Å²) in [7, 11) is 1.69. The minimum absolute atomic E-state index is 0.210. The first-order chi connectivity index (χ1) is 8.26. The maximum atomic E-state index is 5.66. The van der Waals surface area contributed by atoms with Crippen molar-refractivity contribution in [1.29, 1.82) is 0 Å². The second-order valence-electron chi connectivity index (χ2n) is 3.85. The van der Waals surface area contributed by atoms with Crippen LogP contribution in [-0.2, 0) is 11.3 Å². The molecule has 1 aromatic rings. The first-order valence-electron chi connectivity index (χ1n) is 5.95. The maximum absolute atomic E-state index is 5.66. The standard InChI is InChI=1S/C11H21N3O2S/c1-4-5-9(2)16-11-14-13-10(17-11)8-12-6-7-15-3/h9,12H,4-8H2,1-3H3. The largest absolute Gasteiger partial charge is 0.466 e. The van der Waals surface area contributed by atoms with Crippen molar-refractivity contribution in [1.82, 2.24) is 15.5 Å². The number of nitrogens with zero attached hydrogens (tertiary/aromatic N) is 2. The van der Waals surface area contributed by atoms with Crippen molar-refractivity contribution in [2.75, 3.05) is 20.3 Å². The van der Waals surface area contributed by atoms with Crippen LogP contribution in [0.4, 0.5) is 0 Å². The van der Waals surface area contributed by atoms with Gasteiger partial charge in [-0.2, -0.15) is 0 Å². The summed E-state index contributed by atoms with van der Waals surface area (Å²) < 4.78 is 10.6. The summed E-state index contributed by atoms with van der Waals surface area (Å²) in [5.74, 6) is 0. The first kappa shape index (κ1) is 14.3. The van der Waals surface area contributed by atoms with Crippen molar-refractivity contribution >= 4 is 11.3 Å². The third-order valence-corrected chi connectivity index (χ3v) is 3.02. The Morgan fingerprint density at radius 1 is 1.41 bits per heavy atom. The van der Waals surface area contributed by atoms with E-state index in [-0.39, 0.29) is 6.10 Å². The molecular weight excluding hydrogens is 238 g/mol. The predicted octanol–water partition coefficient (Wildman–Crippen LogP) is 1.84. The molecule has 17 heavy (non-hydrogen) atoms. The van der Waals surface area contributed by atoms with Crippen LogP contribution in [0.5, 0.6) is 5.19 Å². The number of methoxy groups -OCH3 is 1. The van der Waals surface area contributed by atoms with Gasteiger partial charge in [-0.3, -0.25) is 0 Å². The van der Waals surface area contributed by atoms with Crippen LogP contribution in [0.3, 0.4) is 0 Å². The highest BCUT2D eigenvalue weighted by atomic mass is 32.1.